The van der Waals surface area contributed by atoms with Gasteiger partial charge in [-0.05, 0) is 32.9 Å². The Kier molecular flexibility index (Phi) is 4.38. The number of carbonyl (C=O) groups excluding carboxylic acids is 1. The van der Waals surface area contributed by atoms with Crippen LogP contribution in [0.25, 0.3) is 0 Å². The van der Waals surface area contributed by atoms with Crippen molar-refractivity contribution in [1.29, 1.82) is 0 Å². The van der Waals surface area contributed by atoms with E-state index in [-0.39, 0.29) is 0 Å². The molecule has 0 fully saturated rings. The fourth-order valence-corrected chi connectivity index (χ4v) is 1.30. The summed E-state index contributed by atoms with van der Waals surface area (Å²) < 4.78 is 10.3. The van der Waals surface area contributed by atoms with E-state index in [1.54, 1.807) is 39.0 Å². The zero-order valence-corrected chi connectivity index (χ0v) is 11.0. The van der Waals surface area contributed by atoms with Gasteiger partial charge in [-0.3, -0.25) is 11.2 Å². The van der Waals surface area contributed by atoms with Gasteiger partial charge in [0.15, 0.2) is 0 Å². The van der Waals surface area contributed by atoms with Crippen molar-refractivity contribution in [2.24, 2.45) is 5.84 Å². The molecule has 0 aliphatic carbocycles. The minimum Gasteiger partial charge on any atom is -0.494 e. The molecule has 0 saturated carbocycles. The maximum atomic E-state index is 11.6. The van der Waals surface area contributed by atoms with E-state index in [4.69, 9.17) is 15.3 Å². The molecule has 1 aromatic carbocycles. The average molecular weight is 253 g/mol. The van der Waals surface area contributed by atoms with E-state index in [1.807, 2.05) is 0 Å². The van der Waals surface area contributed by atoms with Gasteiger partial charge >= 0.3 is 6.09 Å². The summed E-state index contributed by atoms with van der Waals surface area (Å²) in [4.78, 5) is 11.6. The van der Waals surface area contributed by atoms with E-state index in [1.165, 1.54) is 7.11 Å². The molecule has 0 aliphatic rings. The highest BCUT2D eigenvalue weighted by Crippen LogP contribution is 2.27. The molecule has 6 nitrogen and oxygen atoms in total. The lowest BCUT2D eigenvalue weighted by Gasteiger charge is -2.20. The number of nitrogen functional groups attached to an aromatic ring is 1. The van der Waals surface area contributed by atoms with Crippen molar-refractivity contribution >= 4 is 17.5 Å². The third kappa shape index (κ3) is 4.14. The Hall–Kier alpha value is -1.95. The zero-order chi connectivity index (χ0) is 13.8. The molecular weight excluding hydrogens is 234 g/mol. The first-order valence-corrected chi connectivity index (χ1v) is 5.50. The number of amides is 1. The fraction of sp³-hybridized carbons (Fsp3) is 0.417. The van der Waals surface area contributed by atoms with E-state index >= 15 is 0 Å². The maximum absolute atomic E-state index is 11.6. The summed E-state index contributed by atoms with van der Waals surface area (Å²) in [6, 6.07) is 5.07. The predicted octanol–water partition coefficient (Wildman–Crippen LogP) is 2.33. The molecule has 4 N–H and O–H groups in total. The Morgan fingerprint density at radius 1 is 1.33 bits per heavy atom. The summed E-state index contributed by atoms with van der Waals surface area (Å²) in [5.41, 5.74) is 3.15. The first kappa shape index (κ1) is 14.1. The lowest BCUT2D eigenvalue weighted by atomic mass is 10.2. The van der Waals surface area contributed by atoms with Gasteiger partial charge in [0, 0.05) is 6.07 Å². The van der Waals surface area contributed by atoms with Gasteiger partial charge in [-0.1, -0.05) is 0 Å². The number of nitrogens with one attached hydrogen (secondary N) is 2. The van der Waals surface area contributed by atoms with Crippen molar-refractivity contribution in [3.63, 3.8) is 0 Å². The number of benzene rings is 1. The Morgan fingerprint density at radius 2 is 2.00 bits per heavy atom. The Morgan fingerprint density at radius 3 is 2.50 bits per heavy atom. The van der Waals surface area contributed by atoms with E-state index in [0.717, 1.165) is 0 Å². The fourth-order valence-electron chi connectivity index (χ4n) is 1.30. The van der Waals surface area contributed by atoms with Crippen molar-refractivity contribution in [1.82, 2.24) is 0 Å². The molecule has 0 spiro atoms. The molecule has 1 amide bonds. The Balaban J connectivity index is 2.81. The van der Waals surface area contributed by atoms with Gasteiger partial charge in [-0.15, -0.1) is 0 Å². The third-order valence-electron chi connectivity index (χ3n) is 2.00. The van der Waals surface area contributed by atoms with Crippen LogP contribution in [0.5, 0.6) is 5.75 Å². The van der Waals surface area contributed by atoms with E-state index in [9.17, 15) is 4.79 Å². The third-order valence-corrected chi connectivity index (χ3v) is 2.00. The van der Waals surface area contributed by atoms with Crippen molar-refractivity contribution < 1.29 is 14.3 Å². The normalized spacial score (nSPS) is 10.7. The second kappa shape index (κ2) is 5.59. The molecule has 0 radical (unpaired) electrons. The molecule has 100 valence electrons. The van der Waals surface area contributed by atoms with Gasteiger partial charge < -0.3 is 14.9 Å². The van der Waals surface area contributed by atoms with Crippen LogP contribution in [-0.4, -0.2) is 18.8 Å². The van der Waals surface area contributed by atoms with E-state index in [2.05, 4.69) is 10.7 Å². The maximum Gasteiger partial charge on any atom is 0.412 e. The van der Waals surface area contributed by atoms with Crippen molar-refractivity contribution in [3.8, 4) is 5.75 Å². The number of hydrogen-bond acceptors (Lipinski definition) is 5. The number of carbonyl (C=O) groups is 1. The summed E-state index contributed by atoms with van der Waals surface area (Å²) in [6.45, 7) is 5.39. The molecule has 0 unspecified atom stereocenters. The molecule has 0 bridgehead atoms. The van der Waals surface area contributed by atoms with Gasteiger partial charge in [-0.2, -0.15) is 0 Å². The van der Waals surface area contributed by atoms with Crippen LogP contribution in [0.1, 0.15) is 20.8 Å². The summed E-state index contributed by atoms with van der Waals surface area (Å²) >= 11 is 0. The van der Waals surface area contributed by atoms with Crippen LogP contribution in [0.4, 0.5) is 16.2 Å². The highest BCUT2D eigenvalue weighted by molar-refractivity contribution is 5.87. The quantitative estimate of drug-likeness (QED) is 0.568. The SMILES string of the molecule is COc1cc(NN)ccc1NC(=O)OC(C)(C)C. The van der Waals surface area contributed by atoms with Gasteiger partial charge in [0.05, 0.1) is 18.5 Å². The van der Waals surface area contributed by atoms with Crippen LogP contribution in [0.2, 0.25) is 0 Å². The predicted molar refractivity (Wildman–Crippen MR) is 70.7 cm³/mol. The Labute approximate surface area is 106 Å². The largest absolute Gasteiger partial charge is 0.494 e. The first-order valence-electron chi connectivity index (χ1n) is 5.50. The number of nitrogens with two attached hydrogens (primary N) is 1. The van der Waals surface area contributed by atoms with E-state index < -0.39 is 11.7 Å². The molecule has 0 aliphatic heterocycles. The van der Waals surface area contributed by atoms with Crippen LogP contribution in [0, 0.1) is 0 Å². The second-order valence-corrected chi connectivity index (χ2v) is 4.69. The highest BCUT2D eigenvalue weighted by atomic mass is 16.6. The summed E-state index contributed by atoms with van der Waals surface area (Å²) in [7, 11) is 1.51. The zero-order valence-electron chi connectivity index (χ0n) is 11.0. The second-order valence-electron chi connectivity index (χ2n) is 4.69. The monoisotopic (exact) mass is 253 g/mol. The lowest BCUT2D eigenvalue weighted by molar-refractivity contribution is 0.0635. The summed E-state index contributed by atoms with van der Waals surface area (Å²) in [5.74, 6) is 5.79. The van der Waals surface area contributed by atoms with Gasteiger partial charge in [-0.25, -0.2) is 4.79 Å². The van der Waals surface area contributed by atoms with Crippen molar-refractivity contribution in [2.45, 2.75) is 26.4 Å². The van der Waals surface area contributed by atoms with Crippen LogP contribution < -0.4 is 21.3 Å². The minimum atomic E-state index is -0.546. The van der Waals surface area contributed by atoms with Crippen LogP contribution in [0.3, 0.4) is 0 Å². The molecule has 0 heterocycles. The number of ether oxygens (including phenoxy) is 2. The minimum absolute atomic E-state index is 0.497. The van der Waals surface area contributed by atoms with E-state index in [0.29, 0.717) is 17.1 Å². The molecule has 0 saturated heterocycles. The number of methoxy groups -OCH3 is 1. The summed E-state index contributed by atoms with van der Waals surface area (Å²) in [6.07, 6.45) is -0.533. The number of rotatable bonds is 3. The first-order chi connectivity index (χ1) is 8.35. The van der Waals surface area contributed by atoms with Gasteiger partial charge in [0.1, 0.15) is 11.4 Å². The van der Waals surface area contributed by atoms with Crippen LogP contribution in [0.15, 0.2) is 18.2 Å². The van der Waals surface area contributed by atoms with Crippen LogP contribution in [-0.2, 0) is 4.74 Å². The van der Waals surface area contributed by atoms with Gasteiger partial charge in [0.2, 0.25) is 0 Å². The molecule has 0 aromatic heterocycles. The highest BCUT2D eigenvalue weighted by Gasteiger charge is 2.17. The molecule has 6 heteroatoms. The van der Waals surface area contributed by atoms with Crippen molar-refractivity contribution in [3.05, 3.63) is 18.2 Å². The molecule has 1 aromatic rings. The number of hydrazine groups is 1. The Bertz CT molecular complexity index is 427. The molecule has 0 atom stereocenters. The molecular formula is C12H19N3O3. The lowest BCUT2D eigenvalue weighted by Crippen LogP contribution is -2.27. The standard InChI is InChI=1S/C12H19N3O3/c1-12(2,3)18-11(16)14-9-6-5-8(15-13)7-10(9)17-4/h5-7,15H,13H2,1-4H3,(H,14,16). The van der Waals surface area contributed by atoms with Gasteiger partial charge in [0.25, 0.3) is 0 Å². The topological polar surface area (TPSA) is 85.6 Å². The number of hydrogen-bond donors (Lipinski definition) is 3. The van der Waals surface area contributed by atoms with Crippen LogP contribution >= 0.6 is 0 Å². The summed E-state index contributed by atoms with van der Waals surface area (Å²) in [5, 5.41) is 2.61. The molecule has 1 rings (SSSR count). The smallest absolute Gasteiger partial charge is 0.412 e. The average Bonchev–Trinajstić information content (AvgIpc) is 2.27. The van der Waals surface area contributed by atoms with Crippen molar-refractivity contribution in [2.75, 3.05) is 17.9 Å². The molecule has 18 heavy (non-hydrogen) atoms. The number of anilines is 2.